The molecule has 0 spiro atoms. The lowest BCUT2D eigenvalue weighted by molar-refractivity contribution is 0.321. The summed E-state index contributed by atoms with van der Waals surface area (Å²) in [6.07, 6.45) is 0. The maximum Gasteiger partial charge on any atom is 0.0359 e. The quantitative estimate of drug-likeness (QED) is 0.728. The van der Waals surface area contributed by atoms with E-state index in [1.807, 2.05) is 18.2 Å². The number of benzene rings is 3. The molecule has 3 aromatic carbocycles. The van der Waals surface area contributed by atoms with Gasteiger partial charge in [-0.25, -0.2) is 0 Å². The zero-order valence-electron chi connectivity index (χ0n) is 12.3. The number of rotatable bonds is 4. The van der Waals surface area contributed by atoms with E-state index < -0.39 is 0 Å². The normalized spacial score (nSPS) is 11.1. The molecular weight excluding hydrogens is 256 g/mol. The Hall–Kier alpha value is -2.32. The van der Waals surface area contributed by atoms with Crippen molar-refractivity contribution in [3.8, 4) is 0 Å². The number of anilines is 1. The fourth-order valence-electron chi connectivity index (χ4n) is 2.75. The van der Waals surface area contributed by atoms with Crippen molar-refractivity contribution < 1.29 is 0 Å². The number of para-hydroxylation sites is 1. The van der Waals surface area contributed by atoms with E-state index in [4.69, 9.17) is 5.73 Å². The van der Waals surface area contributed by atoms with Gasteiger partial charge in [-0.1, -0.05) is 60.7 Å². The minimum absolute atomic E-state index is 0.857. The van der Waals surface area contributed by atoms with Crippen LogP contribution in [0.1, 0.15) is 11.1 Å². The molecule has 0 aliphatic heterocycles. The predicted molar refractivity (Wildman–Crippen MR) is 90.0 cm³/mol. The molecule has 2 N–H and O–H groups in total. The van der Waals surface area contributed by atoms with E-state index in [0.29, 0.717) is 0 Å². The molecule has 3 rings (SSSR count). The summed E-state index contributed by atoms with van der Waals surface area (Å²) in [7, 11) is 2.13. The lowest BCUT2D eigenvalue weighted by Gasteiger charge is -2.19. The second kappa shape index (κ2) is 5.98. The van der Waals surface area contributed by atoms with Crippen molar-refractivity contribution in [1.29, 1.82) is 0 Å². The summed E-state index contributed by atoms with van der Waals surface area (Å²) >= 11 is 0. The fourth-order valence-corrected chi connectivity index (χ4v) is 2.75. The maximum atomic E-state index is 6.03. The van der Waals surface area contributed by atoms with E-state index in [-0.39, 0.29) is 0 Å². The zero-order chi connectivity index (χ0) is 14.7. The number of nitrogens with two attached hydrogens (primary N) is 1. The van der Waals surface area contributed by atoms with Crippen molar-refractivity contribution in [3.05, 3.63) is 77.9 Å². The topological polar surface area (TPSA) is 29.3 Å². The molecule has 0 amide bonds. The molecule has 2 heteroatoms. The number of nitrogen functional groups attached to an aromatic ring is 1. The van der Waals surface area contributed by atoms with E-state index in [0.717, 1.165) is 18.8 Å². The number of nitrogens with zero attached hydrogens (tertiary/aromatic N) is 1. The van der Waals surface area contributed by atoms with Gasteiger partial charge >= 0.3 is 0 Å². The van der Waals surface area contributed by atoms with Gasteiger partial charge in [0.2, 0.25) is 0 Å². The van der Waals surface area contributed by atoms with Gasteiger partial charge in [-0.05, 0) is 35.0 Å². The molecule has 0 saturated heterocycles. The highest BCUT2D eigenvalue weighted by Crippen LogP contribution is 2.21. The molecule has 0 radical (unpaired) electrons. The molecule has 0 atom stereocenters. The highest BCUT2D eigenvalue weighted by atomic mass is 15.1. The average molecular weight is 276 g/mol. The van der Waals surface area contributed by atoms with Gasteiger partial charge in [-0.15, -0.1) is 0 Å². The van der Waals surface area contributed by atoms with Crippen LogP contribution in [0.15, 0.2) is 66.7 Å². The summed E-state index contributed by atoms with van der Waals surface area (Å²) in [5, 5.41) is 2.62. The summed E-state index contributed by atoms with van der Waals surface area (Å²) in [6, 6.07) is 23.1. The fraction of sp³-hybridized carbons (Fsp3) is 0.158. The molecule has 3 aromatic rings. The zero-order valence-corrected chi connectivity index (χ0v) is 12.3. The number of hydrogen-bond donors (Lipinski definition) is 1. The van der Waals surface area contributed by atoms with Gasteiger partial charge in [0.1, 0.15) is 0 Å². The highest BCUT2D eigenvalue weighted by Gasteiger charge is 2.06. The van der Waals surface area contributed by atoms with Crippen LogP contribution >= 0.6 is 0 Å². The van der Waals surface area contributed by atoms with E-state index in [1.54, 1.807) is 0 Å². The van der Waals surface area contributed by atoms with Crippen molar-refractivity contribution in [1.82, 2.24) is 4.90 Å². The third-order valence-electron chi connectivity index (χ3n) is 3.82. The van der Waals surface area contributed by atoms with Crippen molar-refractivity contribution in [3.63, 3.8) is 0 Å². The first-order chi connectivity index (χ1) is 10.2. The summed E-state index contributed by atoms with van der Waals surface area (Å²) in [6.45, 7) is 1.77. The molecule has 106 valence electrons. The predicted octanol–water partition coefficient (Wildman–Crippen LogP) is 4.05. The van der Waals surface area contributed by atoms with Crippen molar-refractivity contribution >= 4 is 16.5 Å². The monoisotopic (exact) mass is 276 g/mol. The third kappa shape index (κ3) is 3.06. The van der Waals surface area contributed by atoms with E-state index in [1.165, 1.54) is 21.9 Å². The van der Waals surface area contributed by atoms with Crippen molar-refractivity contribution in [2.45, 2.75) is 13.1 Å². The van der Waals surface area contributed by atoms with Gasteiger partial charge in [0, 0.05) is 18.8 Å². The maximum absolute atomic E-state index is 6.03. The Morgan fingerprint density at radius 2 is 1.38 bits per heavy atom. The molecule has 0 fully saturated rings. The molecule has 0 saturated carbocycles. The Morgan fingerprint density at radius 1 is 0.762 bits per heavy atom. The molecule has 21 heavy (non-hydrogen) atoms. The van der Waals surface area contributed by atoms with Crippen LogP contribution < -0.4 is 5.73 Å². The Bertz CT molecular complexity index is 744. The molecule has 0 aliphatic carbocycles. The first-order valence-corrected chi connectivity index (χ1v) is 7.22. The van der Waals surface area contributed by atoms with Crippen LogP contribution in [0.2, 0.25) is 0 Å². The first-order valence-electron chi connectivity index (χ1n) is 7.22. The van der Waals surface area contributed by atoms with Crippen LogP contribution in [0.4, 0.5) is 5.69 Å². The molecule has 0 aliphatic rings. The van der Waals surface area contributed by atoms with Gasteiger partial charge in [0.15, 0.2) is 0 Å². The molecular formula is C19H20N2. The Balaban J connectivity index is 1.81. The standard InChI is InChI=1S/C19H20N2/c1-21(14-17-8-3-5-12-19(17)20)13-16-10-6-9-15-7-2-4-11-18(15)16/h2-12H,13-14,20H2,1H3. The van der Waals surface area contributed by atoms with Gasteiger partial charge in [-0.3, -0.25) is 4.90 Å². The minimum Gasteiger partial charge on any atom is -0.398 e. The lowest BCUT2D eigenvalue weighted by atomic mass is 10.0. The Kier molecular flexibility index (Phi) is 3.89. The summed E-state index contributed by atoms with van der Waals surface area (Å²) in [5.41, 5.74) is 9.42. The largest absolute Gasteiger partial charge is 0.398 e. The van der Waals surface area contributed by atoms with Gasteiger partial charge in [-0.2, -0.15) is 0 Å². The Labute approximate surface area is 125 Å². The number of hydrogen-bond acceptors (Lipinski definition) is 2. The second-order valence-corrected chi connectivity index (χ2v) is 5.51. The van der Waals surface area contributed by atoms with Crippen LogP contribution in [-0.2, 0) is 13.1 Å². The lowest BCUT2D eigenvalue weighted by Crippen LogP contribution is -2.18. The molecule has 0 aromatic heterocycles. The second-order valence-electron chi connectivity index (χ2n) is 5.51. The molecule has 0 heterocycles. The smallest absolute Gasteiger partial charge is 0.0359 e. The summed E-state index contributed by atoms with van der Waals surface area (Å²) < 4.78 is 0. The van der Waals surface area contributed by atoms with Crippen molar-refractivity contribution in [2.75, 3.05) is 12.8 Å². The van der Waals surface area contributed by atoms with Crippen LogP contribution in [0, 0.1) is 0 Å². The summed E-state index contributed by atoms with van der Waals surface area (Å²) in [4.78, 5) is 2.30. The Morgan fingerprint density at radius 3 is 2.24 bits per heavy atom. The SMILES string of the molecule is CN(Cc1ccccc1N)Cc1cccc2ccccc12. The molecule has 0 unspecified atom stereocenters. The van der Waals surface area contributed by atoms with Crippen LogP contribution in [0.3, 0.4) is 0 Å². The minimum atomic E-state index is 0.857. The highest BCUT2D eigenvalue weighted by molar-refractivity contribution is 5.85. The van der Waals surface area contributed by atoms with Crippen molar-refractivity contribution in [2.24, 2.45) is 0 Å². The van der Waals surface area contributed by atoms with Gasteiger partial charge in [0.25, 0.3) is 0 Å². The van der Waals surface area contributed by atoms with Crippen LogP contribution in [0.5, 0.6) is 0 Å². The van der Waals surface area contributed by atoms with Crippen LogP contribution in [0.25, 0.3) is 10.8 Å². The third-order valence-corrected chi connectivity index (χ3v) is 3.82. The van der Waals surface area contributed by atoms with E-state index in [2.05, 4.69) is 60.5 Å². The first kappa shape index (κ1) is 13.7. The number of fused-ring (bicyclic) bond motifs is 1. The summed E-state index contributed by atoms with van der Waals surface area (Å²) in [5.74, 6) is 0. The van der Waals surface area contributed by atoms with Crippen LogP contribution in [-0.4, -0.2) is 11.9 Å². The van der Waals surface area contributed by atoms with Gasteiger partial charge < -0.3 is 5.73 Å². The molecule has 0 bridgehead atoms. The average Bonchev–Trinajstić information content (AvgIpc) is 2.50. The molecule has 2 nitrogen and oxygen atoms in total. The van der Waals surface area contributed by atoms with E-state index in [9.17, 15) is 0 Å². The van der Waals surface area contributed by atoms with E-state index >= 15 is 0 Å². The van der Waals surface area contributed by atoms with Gasteiger partial charge in [0.05, 0.1) is 0 Å².